The Balaban J connectivity index is 1.84. The van der Waals surface area contributed by atoms with Crippen LogP contribution in [0, 0.1) is 0 Å². The van der Waals surface area contributed by atoms with E-state index >= 15 is 0 Å². The first-order chi connectivity index (χ1) is 10.9. The van der Waals surface area contributed by atoms with E-state index in [9.17, 15) is 0 Å². The highest BCUT2D eigenvalue weighted by molar-refractivity contribution is 5.30. The van der Waals surface area contributed by atoms with Crippen LogP contribution in [0.25, 0.3) is 0 Å². The van der Waals surface area contributed by atoms with Gasteiger partial charge in [-0.15, -0.1) is 0 Å². The summed E-state index contributed by atoms with van der Waals surface area (Å²) in [5, 5.41) is 3.44. The van der Waals surface area contributed by atoms with Gasteiger partial charge >= 0.3 is 0 Å². The SMILES string of the molecule is COc1cccc(CC(c2ccccc2)N2CCNCC2)c1. The summed E-state index contributed by atoms with van der Waals surface area (Å²) in [6.45, 7) is 4.34. The van der Waals surface area contributed by atoms with Crippen LogP contribution in [0.15, 0.2) is 54.6 Å². The number of methoxy groups -OCH3 is 1. The van der Waals surface area contributed by atoms with Crippen LogP contribution in [0.2, 0.25) is 0 Å². The molecule has 0 bridgehead atoms. The minimum atomic E-state index is 0.426. The van der Waals surface area contributed by atoms with Gasteiger partial charge in [-0.1, -0.05) is 42.5 Å². The quantitative estimate of drug-likeness (QED) is 0.918. The second kappa shape index (κ2) is 7.43. The maximum absolute atomic E-state index is 5.36. The van der Waals surface area contributed by atoms with E-state index < -0.39 is 0 Å². The molecule has 116 valence electrons. The van der Waals surface area contributed by atoms with Crippen molar-refractivity contribution < 1.29 is 4.74 Å². The molecule has 3 rings (SSSR count). The Bertz CT molecular complexity index is 579. The predicted octanol–water partition coefficient (Wildman–Crippen LogP) is 2.88. The van der Waals surface area contributed by atoms with Crippen molar-refractivity contribution in [3.8, 4) is 5.75 Å². The Morgan fingerprint density at radius 3 is 2.55 bits per heavy atom. The summed E-state index contributed by atoms with van der Waals surface area (Å²) in [5.74, 6) is 0.935. The molecule has 2 aromatic rings. The topological polar surface area (TPSA) is 24.5 Å². The second-order valence-corrected chi connectivity index (χ2v) is 5.77. The van der Waals surface area contributed by atoms with Gasteiger partial charge in [0.2, 0.25) is 0 Å². The minimum Gasteiger partial charge on any atom is -0.497 e. The molecule has 0 radical (unpaired) electrons. The number of benzene rings is 2. The van der Waals surface area contributed by atoms with Gasteiger partial charge in [0.15, 0.2) is 0 Å². The van der Waals surface area contributed by atoms with E-state index in [2.05, 4.69) is 58.7 Å². The average molecular weight is 296 g/mol. The van der Waals surface area contributed by atoms with Gasteiger partial charge in [-0.05, 0) is 29.7 Å². The standard InChI is InChI=1S/C19H24N2O/c1-22-18-9-5-6-16(14-18)15-19(17-7-3-2-4-8-17)21-12-10-20-11-13-21/h2-9,14,19-20H,10-13,15H2,1H3. The van der Waals surface area contributed by atoms with Crippen LogP contribution < -0.4 is 10.1 Å². The highest BCUT2D eigenvalue weighted by Gasteiger charge is 2.22. The fraction of sp³-hybridized carbons (Fsp3) is 0.368. The molecular formula is C19H24N2O. The fourth-order valence-electron chi connectivity index (χ4n) is 3.15. The summed E-state index contributed by atoms with van der Waals surface area (Å²) in [6.07, 6.45) is 1.02. The molecule has 0 aromatic heterocycles. The third kappa shape index (κ3) is 3.67. The molecule has 1 heterocycles. The smallest absolute Gasteiger partial charge is 0.119 e. The first-order valence-corrected chi connectivity index (χ1v) is 7.99. The molecule has 3 nitrogen and oxygen atoms in total. The number of ether oxygens (including phenoxy) is 1. The van der Waals surface area contributed by atoms with E-state index in [-0.39, 0.29) is 0 Å². The summed E-state index contributed by atoms with van der Waals surface area (Å²) in [5.41, 5.74) is 2.72. The monoisotopic (exact) mass is 296 g/mol. The van der Waals surface area contributed by atoms with E-state index in [4.69, 9.17) is 4.74 Å². The van der Waals surface area contributed by atoms with Crippen molar-refractivity contribution in [1.82, 2.24) is 10.2 Å². The van der Waals surface area contributed by atoms with E-state index in [0.717, 1.165) is 38.3 Å². The van der Waals surface area contributed by atoms with Gasteiger partial charge in [0.05, 0.1) is 7.11 Å². The van der Waals surface area contributed by atoms with Crippen molar-refractivity contribution in [3.05, 3.63) is 65.7 Å². The highest BCUT2D eigenvalue weighted by atomic mass is 16.5. The molecule has 1 N–H and O–H groups in total. The van der Waals surface area contributed by atoms with Crippen molar-refractivity contribution in [3.63, 3.8) is 0 Å². The lowest BCUT2D eigenvalue weighted by Gasteiger charge is -2.35. The lowest BCUT2D eigenvalue weighted by Crippen LogP contribution is -2.45. The van der Waals surface area contributed by atoms with Gasteiger partial charge in [0.1, 0.15) is 5.75 Å². The molecule has 2 aromatic carbocycles. The van der Waals surface area contributed by atoms with Gasteiger partial charge in [-0.25, -0.2) is 0 Å². The third-order valence-electron chi connectivity index (χ3n) is 4.34. The molecule has 1 aliphatic heterocycles. The molecule has 3 heteroatoms. The van der Waals surface area contributed by atoms with Crippen LogP contribution in [-0.4, -0.2) is 38.2 Å². The van der Waals surface area contributed by atoms with Crippen molar-refractivity contribution in [1.29, 1.82) is 0 Å². The average Bonchev–Trinajstić information content (AvgIpc) is 2.61. The normalized spacial score (nSPS) is 17.1. The van der Waals surface area contributed by atoms with Gasteiger partial charge in [-0.2, -0.15) is 0 Å². The zero-order valence-electron chi connectivity index (χ0n) is 13.2. The number of hydrogen-bond acceptors (Lipinski definition) is 3. The fourth-order valence-corrected chi connectivity index (χ4v) is 3.15. The summed E-state index contributed by atoms with van der Waals surface area (Å²) < 4.78 is 5.36. The maximum atomic E-state index is 5.36. The Morgan fingerprint density at radius 1 is 1.05 bits per heavy atom. The molecule has 22 heavy (non-hydrogen) atoms. The van der Waals surface area contributed by atoms with Crippen LogP contribution in [0.1, 0.15) is 17.2 Å². The number of hydrogen-bond donors (Lipinski definition) is 1. The van der Waals surface area contributed by atoms with Crippen molar-refractivity contribution in [2.75, 3.05) is 33.3 Å². The van der Waals surface area contributed by atoms with Gasteiger partial charge in [-0.3, -0.25) is 4.90 Å². The summed E-state index contributed by atoms with van der Waals surface area (Å²) in [7, 11) is 1.73. The number of piperazine rings is 1. The van der Waals surface area contributed by atoms with Crippen LogP contribution in [-0.2, 0) is 6.42 Å². The van der Waals surface area contributed by atoms with Crippen LogP contribution in [0.5, 0.6) is 5.75 Å². The van der Waals surface area contributed by atoms with Crippen molar-refractivity contribution >= 4 is 0 Å². The molecule has 1 atom stereocenters. The summed E-state index contributed by atoms with van der Waals surface area (Å²) in [6, 6.07) is 19.7. The Kier molecular flexibility index (Phi) is 5.09. The largest absolute Gasteiger partial charge is 0.497 e. The molecule has 0 aliphatic carbocycles. The zero-order valence-corrected chi connectivity index (χ0v) is 13.2. The lowest BCUT2D eigenvalue weighted by atomic mass is 9.96. The molecule has 1 fully saturated rings. The van der Waals surface area contributed by atoms with E-state index in [1.165, 1.54) is 11.1 Å². The van der Waals surface area contributed by atoms with Crippen LogP contribution in [0.4, 0.5) is 0 Å². The highest BCUT2D eigenvalue weighted by Crippen LogP contribution is 2.26. The van der Waals surface area contributed by atoms with Crippen molar-refractivity contribution in [2.45, 2.75) is 12.5 Å². The molecule has 1 aliphatic rings. The van der Waals surface area contributed by atoms with Crippen LogP contribution in [0.3, 0.4) is 0 Å². The first-order valence-electron chi connectivity index (χ1n) is 7.99. The van der Waals surface area contributed by atoms with Gasteiger partial charge < -0.3 is 10.1 Å². The first kappa shape index (κ1) is 15.1. The van der Waals surface area contributed by atoms with E-state index in [1.807, 2.05) is 6.07 Å². The number of rotatable bonds is 5. The lowest BCUT2D eigenvalue weighted by molar-refractivity contribution is 0.172. The Labute approximate surface area is 132 Å². The second-order valence-electron chi connectivity index (χ2n) is 5.77. The van der Waals surface area contributed by atoms with E-state index in [0.29, 0.717) is 6.04 Å². The summed E-state index contributed by atoms with van der Waals surface area (Å²) in [4.78, 5) is 2.59. The number of nitrogens with one attached hydrogen (secondary N) is 1. The number of nitrogens with zero attached hydrogens (tertiary/aromatic N) is 1. The van der Waals surface area contributed by atoms with Gasteiger partial charge in [0, 0.05) is 32.2 Å². The minimum absolute atomic E-state index is 0.426. The Hall–Kier alpha value is -1.84. The van der Waals surface area contributed by atoms with Crippen molar-refractivity contribution in [2.24, 2.45) is 0 Å². The molecule has 0 amide bonds. The van der Waals surface area contributed by atoms with E-state index in [1.54, 1.807) is 7.11 Å². The molecule has 1 saturated heterocycles. The zero-order chi connectivity index (χ0) is 15.2. The molecule has 0 saturated carbocycles. The Morgan fingerprint density at radius 2 is 1.82 bits per heavy atom. The molecule has 0 spiro atoms. The maximum Gasteiger partial charge on any atom is 0.119 e. The third-order valence-corrected chi connectivity index (χ3v) is 4.34. The molecule has 1 unspecified atom stereocenters. The van der Waals surface area contributed by atoms with Crippen LogP contribution >= 0.6 is 0 Å². The van der Waals surface area contributed by atoms with Gasteiger partial charge in [0.25, 0.3) is 0 Å². The predicted molar refractivity (Wildman–Crippen MR) is 90.3 cm³/mol. The molecular weight excluding hydrogens is 272 g/mol. The summed E-state index contributed by atoms with van der Waals surface area (Å²) >= 11 is 0.